The summed E-state index contributed by atoms with van der Waals surface area (Å²) in [5.74, 6) is -0.429. The van der Waals surface area contributed by atoms with Crippen LogP contribution in [0.4, 0.5) is 10.1 Å². The van der Waals surface area contributed by atoms with Crippen molar-refractivity contribution in [2.45, 2.75) is 13.8 Å². The molecule has 8 nitrogen and oxygen atoms in total. The predicted octanol–water partition coefficient (Wildman–Crippen LogP) is 4.88. The lowest BCUT2D eigenvalue weighted by Crippen LogP contribution is -2.20. The third-order valence-electron chi connectivity index (χ3n) is 5.15. The van der Waals surface area contributed by atoms with Crippen LogP contribution in [0.3, 0.4) is 0 Å². The largest absolute Gasteiger partial charge is 0.494 e. The van der Waals surface area contributed by atoms with Crippen LogP contribution < -0.4 is 20.3 Å². The zero-order valence-electron chi connectivity index (χ0n) is 19.5. The molecule has 0 aliphatic carbocycles. The van der Waals surface area contributed by atoms with Gasteiger partial charge in [-0.05, 0) is 80.1 Å². The zero-order valence-corrected chi connectivity index (χ0v) is 19.5. The molecule has 1 N–H and O–H groups in total. The number of hydrogen-bond donors (Lipinski definition) is 1. The molecule has 4 rings (SSSR count). The first-order chi connectivity index (χ1) is 17.4. The summed E-state index contributed by atoms with van der Waals surface area (Å²) in [4.78, 5) is 30.7. The van der Waals surface area contributed by atoms with Gasteiger partial charge in [0, 0.05) is 11.9 Å². The fourth-order valence-electron chi connectivity index (χ4n) is 3.40. The lowest BCUT2D eigenvalue weighted by atomic mass is 10.1. The van der Waals surface area contributed by atoms with Gasteiger partial charge in [0.25, 0.3) is 11.5 Å². The molecule has 0 aliphatic heterocycles. The van der Waals surface area contributed by atoms with E-state index in [1.54, 1.807) is 43.3 Å². The molecule has 9 heteroatoms. The Kier molecular flexibility index (Phi) is 7.07. The molecule has 4 aromatic rings. The molecular weight excluding hydrogens is 463 g/mol. The van der Waals surface area contributed by atoms with Crippen molar-refractivity contribution >= 4 is 23.3 Å². The molecule has 180 valence electrons. The number of carbonyl (C=O) groups excluding carboxylic acids is 1. The van der Waals surface area contributed by atoms with E-state index in [4.69, 9.17) is 9.47 Å². The molecule has 0 atom stereocenters. The SMILES string of the molecule is CCOc1ccc(NC(=O)C(C#N)=Cc2c(Oc3ccc(F)cc3)nc3c(C)cccn3c2=O)cc1. The number of aryl methyl sites for hydroxylation is 1. The first-order valence-electron chi connectivity index (χ1n) is 11.0. The normalized spacial score (nSPS) is 11.1. The van der Waals surface area contributed by atoms with Gasteiger partial charge in [-0.1, -0.05) is 6.07 Å². The lowest BCUT2D eigenvalue weighted by molar-refractivity contribution is -0.112. The number of aromatic nitrogens is 2. The number of carbonyl (C=O) groups is 1. The van der Waals surface area contributed by atoms with Gasteiger partial charge in [-0.2, -0.15) is 10.2 Å². The number of benzene rings is 2. The average molecular weight is 484 g/mol. The van der Waals surface area contributed by atoms with Crippen molar-refractivity contribution in [3.63, 3.8) is 0 Å². The van der Waals surface area contributed by atoms with Crippen LogP contribution in [0, 0.1) is 24.1 Å². The van der Waals surface area contributed by atoms with Crippen LogP contribution in [0.25, 0.3) is 11.7 Å². The highest BCUT2D eigenvalue weighted by atomic mass is 19.1. The van der Waals surface area contributed by atoms with Crippen LogP contribution in [0.1, 0.15) is 18.1 Å². The molecule has 1 amide bonds. The van der Waals surface area contributed by atoms with Crippen molar-refractivity contribution in [1.29, 1.82) is 5.26 Å². The lowest BCUT2D eigenvalue weighted by Gasteiger charge is -2.11. The summed E-state index contributed by atoms with van der Waals surface area (Å²) in [7, 11) is 0. The van der Waals surface area contributed by atoms with Crippen LogP contribution in [0.2, 0.25) is 0 Å². The average Bonchev–Trinajstić information content (AvgIpc) is 2.87. The van der Waals surface area contributed by atoms with Crippen LogP contribution in [0.5, 0.6) is 17.4 Å². The third kappa shape index (κ3) is 5.23. The minimum atomic E-state index is -0.719. The Morgan fingerprint density at radius 2 is 1.83 bits per heavy atom. The topological polar surface area (TPSA) is 106 Å². The van der Waals surface area contributed by atoms with E-state index in [1.165, 1.54) is 34.9 Å². The van der Waals surface area contributed by atoms with Gasteiger partial charge in [-0.3, -0.25) is 14.0 Å². The number of amides is 1. The molecule has 0 radical (unpaired) electrons. The number of anilines is 1. The second kappa shape index (κ2) is 10.5. The van der Waals surface area contributed by atoms with Crippen LogP contribution in [0.15, 0.2) is 77.2 Å². The smallest absolute Gasteiger partial charge is 0.269 e. The maximum Gasteiger partial charge on any atom is 0.269 e. The number of ether oxygens (including phenoxy) is 2. The summed E-state index contributed by atoms with van der Waals surface area (Å²) in [6, 6.07) is 17.1. The number of fused-ring (bicyclic) bond motifs is 1. The maximum absolute atomic E-state index is 13.4. The number of rotatable bonds is 7. The zero-order chi connectivity index (χ0) is 25.7. The van der Waals surface area contributed by atoms with Crippen LogP contribution in [-0.4, -0.2) is 21.9 Å². The summed E-state index contributed by atoms with van der Waals surface area (Å²) in [5, 5.41) is 12.3. The van der Waals surface area contributed by atoms with E-state index in [9.17, 15) is 19.2 Å². The minimum Gasteiger partial charge on any atom is -0.494 e. The molecule has 2 heterocycles. The Labute approximate surface area is 205 Å². The van der Waals surface area contributed by atoms with Crippen molar-refractivity contribution in [3.8, 4) is 23.4 Å². The fraction of sp³-hybridized carbons (Fsp3) is 0.111. The molecule has 2 aromatic carbocycles. The Bertz CT molecular complexity index is 1550. The monoisotopic (exact) mass is 484 g/mol. The molecule has 36 heavy (non-hydrogen) atoms. The molecule has 0 bridgehead atoms. The number of nitrogens with one attached hydrogen (secondary N) is 1. The fourth-order valence-corrected chi connectivity index (χ4v) is 3.40. The molecule has 0 aliphatic rings. The van der Waals surface area contributed by atoms with Gasteiger partial charge < -0.3 is 14.8 Å². The molecule has 0 saturated carbocycles. The van der Waals surface area contributed by atoms with Crippen LogP contribution in [-0.2, 0) is 4.79 Å². The molecule has 2 aromatic heterocycles. The van der Waals surface area contributed by atoms with Crippen molar-refractivity contribution in [2.75, 3.05) is 11.9 Å². The summed E-state index contributed by atoms with van der Waals surface area (Å²) < 4.78 is 25.8. The second-order valence-electron chi connectivity index (χ2n) is 7.66. The van der Waals surface area contributed by atoms with E-state index in [1.807, 2.05) is 13.0 Å². The van der Waals surface area contributed by atoms with Gasteiger partial charge in [0.05, 0.1) is 6.61 Å². The Morgan fingerprint density at radius 1 is 1.14 bits per heavy atom. The van der Waals surface area contributed by atoms with E-state index in [0.717, 1.165) is 6.08 Å². The minimum absolute atomic E-state index is 0.110. The Balaban J connectivity index is 1.76. The molecule has 0 unspecified atom stereocenters. The van der Waals surface area contributed by atoms with E-state index in [2.05, 4.69) is 10.3 Å². The maximum atomic E-state index is 13.4. The number of pyridine rings is 1. The van der Waals surface area contributed by atoms with E-state index >= 15 is 0 Å². The van der Waals surface area contributed by atoms with Gasteiger partial charge in [0.2, 0.25) is 5.88 Å². The van der Waals surface area contributed by atoms with Gasteiger partial charge in [-0.25, -0.2) is 4.39 Å². The number of nitrogens with zero attached hydrogens (tertiary/aromatic N) is 3. The summed E-state index contributed by atoms with van der Waals surface area (Å²) in [6.45, 7) is 4.15. The Hall–Kier alpha value is -4.97. The molecule has 0 spiro atoms. The van der Waals surface area contributed by atoms with Gasteiger partial charge in [-0.15, -0.1) is 0 Å². The first-order valence-corrected chi connectivity index (χ1v) is 11.0. The summed E-state index contributed by atoms with van der Waals surface area (Å²) in [5.41, 5.74) is 0.510. The van der Waals surface area contributed by atoms with Gasteiger partial charge in [0.1, 0.15) is 40.2 Å². The highest BCUT2D eigenvalue weighted by Gasteiger charge is 2.18. The highest BCUT2D eigenvalue weighted by molar-refractivity contribution is 6.09. The number of nitriles is 1. The molecule has 0 saturated heterocycles. The molecule has 0 fully saturated rings. The van der Waals surface area contributed by atoms with Crippen LogP contribution >= 0.6 is 0 Å². The molecular formula is C27H21FN4O4. The van der Waals surface area contributed by atoms with Crippen molar-refractivity contribution in [3.05, 3.63) is 99.7 Å². The van der Waals surface area contributed by atoms with Gasteiger partial charge in [0.15, 0.2) is 0 Å². The van der Waals surface area contributed by atoms with E-state index in [0.29, 0.717) is 29.3 Å². The van der Waals surface area contributed by atoms with Gasteiger partial charge >= 0.3 is 0 Å². The van der Waals surface area contributed by atoms with Crippen molar-refractivity contribution in [1.82, 2.24) is 9.38 Å². The second-order valence-corrected chi connectivity index (χ2v) is 7.66. The third-order valence-corrected chi connectivity index (χ3v) is 5.15. The highest BCUT2D eigenvalue weighted by Crippen LogP contribution is 2.25. The van der Waals surface area contributed by atoms with E-state index < -0.39 is 17.3 Å². The Morgan fingerprint density at radius 3 is 2.50 bits per heavy atom. The number of hydrogen-bond acceptors (Lipinski definition) is 6. The number of halogens is 1. The quantitative estimate of drug-likeness (QED) is 0.296. The summed E-state index contributed by atoms with van der Waals surface area (Å²) >= 11 is 0. The summed E-state index contributed by atoms with van der Waals surface area (Å²) in [6.07, 6.45) is 2.66. The first kappa shape index (κ1) is 24.2. The van der Waals surface area contributed by atoms with E-state index in [-0.39, 0.29) is 22.8 Å². The standard InChI is InChI=1S/C27H21FN4O4/c1-3-35-21-12-8-20(9-13-21)30-25(33)18(16-29)15-23-26(36-22-10-6-19(28)7-11-22)31-24-17(2)5-4-14-32(24)27(23)34/h4-15H,3H2,1-2H3,(H,30,33). The van der Waals surface area contributed by atoms with Crippen molar-refractivity contribution < 1.29 is 18.7 Å². The van der Waals surface area contributed by atoms with Crippen molar-refractivity contribution in [2.24, 2.45) is 0 Å². The predicted molar refractivity (Wildman–Crippen MR) is 133 cm³/mol.